The Bertz CT molecular complexity index is 7390. The molecule has 18 aromatic carbocycles. The van der Waals surface area contributed by atoms with Gasteiger partial charge < -0.3 is 4.74 Å². The second-order valence-corrected chi connectivity index (χ2v) is 32.6. The molecule has 5 heteroatoms. The van der Waals surface area contributed by atoms with Crippen LogP contribution < -0.4 is 4.74 Å². The number of benzene rings is 18. The summed E-state index contributed by atoms with van der Waals surface area (Å²) in [5.41, 5.74) is 23.1. The normalized spacial score (nSPS) is 12.0. The number of fused-ring (bicyclic) bond motifs is 16. The summed E-state index contributed by atoms with van der Waals surface area (Å²) < 4.78 is 16.4. The topological polar surface area (TPSA) is 9.23 Å². The third-order valence-electron chi connectivity index (χ3n) is 22.5. The molecule has 0 aliphatic rings. The Hall–Kier alpha value is -12.3. The summed E-state index contributed by atoms with van der Waals surface area (Å²) in [5, 5.41) is 20.1. The summed E-state index contributed by atoms with van der Waals surface area (Å²) in [6.45, 7) is 2.24. The minimum Gasteiger partial charge on any atom is -0.496 e. The molecule has 1 nitrogen and oxygen atoms in total. The van der Waals surface area contributed by atoms with Gasteiger partial charge in [0.25, 0.3) is 0 Å². The van der Waals surface area contributed by atoms with E-state index in [0.717, 1.165) is 11.3 Å². The number of para-hydroxylation sites is 1. The summed E-state index contributed by atoms with van der Waals surface area (Å²) in [6, 6.07) is 128. The minimum atomic E-state index is 0.858. The summed E-state index contributed by atoms with van der Waals surface area (Å²) in [7, 11) is 1.78. The molecule has 0 spiro atoms. The molecule has 0 N–H and O–H groups in total. The highest BCUT2D eigenvalue weighted by molar-refractivity contribution is 7.27. The zero-order valence-electron chi connectivity index (χ0n) is 58.4. The molecule has 4 aromatic heterocycles. The molecule has 22 rings (SSSR count). The molecule has 22 aromatic rings. The summed E-state index contributed by atoms with van der Waals surface area (Å²) in [6.07, 6.45) is 0. The molecule has 0 aliphatic carbocycles. The Labute approximate surface area is 634 Å². The Morgan fingerprint density at radius 3 is 0.832 bits per heavy atom. The Kier molecular flexibility index (Phi) is 14.3. The fourth-order valence-corrected chi connectivity index (χ4v) is 22.6. The first-order chi connectivity index (χ1) is 52.9. The van der Waals surface area contributed by atoms with Gasteiger partial charge in [0.2, 0.25) is 0 Å². The average molecular weight is 1430 g/mol. The fraction of sp³-hybridized carbons (Fsp3) is 0.0196. The number of hydrogen-bond donors (Lipinski definition) is 0. The van der Waals surface area contributed by atoms with Crippen molar-refractivity contribution in [1.82, 2.24) is 0 Å². The molecule has 500 valence electrons. The molecule has 0 bridgehead atoms. The second-order valence-electron chi connectivity index (χ2n) is 28.3. The van der Waals surface area contributed by atoms with Crippen molar-refractivity contribution in [2.24, 2.45) is 0 Å². The maximum Gasteiger partial charge on any atom is 0.126 e. The number of rotatable bonds is 10. The van der Waals surface area contributed by atoms with Crippen molar-refractivity contribution >= 4 is 169 Å². The van der Waals surface area contributed by atoms with E-state index in [9.17, 15) is 0 Å². The van der Waals surface area contributed by atoms with E-state index in [1.807, 2.05) is 45.3 Å². The van der Waals surface area contributed by atoms with Crippen LogP contribution in [0, 0.1) is 6.92 Å². The van der Waals surface area contributed by atoms with Crippen LogP contribution in [-0.2, 0) is 0 Å². The molecule has 0 fully saturated rings. The summed E-state index contributed by atoms with van der Waals surface area (Å²) in [5.74, 6) is 0.858. The van der Waals surface area contributed by atoms with Crippen LogP contribution in [0.3, 0.4) is 0 Å². The molecule has 0 atom stereocenters. The van der Waals surface area contributed by atoms with Crippen LogP contribution in [0.5, 0.6) is 5.75 Å². The largest absolute Gasteiger partial charge is 0.496 e. The predicted molar refractivity (Wildman–Crippen MR) is 468 cm³/mol. The van der Waals surface area contributed by atoms with E-state index in [1.54, 1.807) is 7.11 Å². The Morgan fingerprint density at radius 2 is 0.458 bits per heavy atom. The second kappa shape index (κ2) is 24.6. The first-order valence-electron chi connectivity index (χ1n) is 36.5. The van der Waals surface area contributed by atoms with Gasteiger partial charge >= 0.3 is 0 Å². The molecule has 0 unspecified atom stereocenters. The van der Waals surface area contributed by atoms with Crippen molar-refractivity contribution in [2.45, 2.75) is 6.92 Å². The zero-order valence-corrected chi connectivity index (χ0v) is 61.6. The van der Waals surface area contributed by atoms with E-state index in [1.165, 1.54) is 224 Å². The summed E-state index contributed by atoms with van der Waals surface area (Å²) >= 11 is 7.60. The van der Waals surface area contributed by atoms with Gasteiger partial charge in [0.1, 0.15) is 5.75 Å². The van der Waals surface area contributed by atoms with Crippen LogP contribution in [0.15, 0.2) is 340 Å². The number of thiophene rings is 4. The minimum absolute atomic E-state index is 0.858. The van der Waals surface area contributed by atoms with E-state index in [4.69, 9.17) is 4.74 Å². The number of aryl methyl sites for hydroxylation is 1. The van der Waals surface area contributed by atoms with Crippen molar-refractivity contribution < 1.29 is 4.74 Å². The Morgan fingerprint density at radius 1 is 0.187 bits per heavy atom. The van der Waals surface area contributed by atoms with E-state index in [2.05, 4.69) is 347 Å². The zero-order chi connectivity index (χ0) is 70.5. The van der Waals surface area contributed by atoms with Crippen molar-refractivity contribution in [3.63, 3.8) is 0 Å². The van der Waals surface area contributed by atoms with Crippen molar-refractivity contribution in [1.29, 1.82) is 0 Å². The van der Waals surface area contributed by atoms with Gasteiger partial charge in [0.05, 0.1) is 7.11 Å². The lowest BCUT2D eigenvalue weighted by Gasteiger charge is -2.20. The van der Waals surface area contributed by atoms with Crippen LogP contribution in [0.2, 0.25) is 0 Å². The molecule has 0 saturated heterocycles. The average Bonchev–Trinajstić information content (AvgIpc) is 1.58. The third kappa shape index (κ3) is 9.78. The van der Waals surface area contributed by atoms with Gasteiger partial charge in [-0.1, -0.05) is 261 Å². The van der Waals surface area contributed by atoms with Crippen LogP contribution in [0.1, 0.15) is 5.56 Å². The molecule has 107 heavy (non-hydrogen) atoms. The Balaban J connectivity index is 0.698. The van der Waals surface area contributed by atoms with Gasteiger partial charge in [-0.3, -0.25) is 0 Å². The molecular weight excluding hydrogens is 1370 g/mol. The SMILES string of the molecule is COc1ccccc1-c1c2ccccc2c(-c2cc(-c3cccc4c3sc3ccccc34)cc(-c3cccc4c3sc3ccc(-c5ccc6sc7c(-c8cc(-c9c%10ccccc%10c(-c%10ccccc%10C)c%10ccccc9%10)cc(-c9cccc%10c9sc9ccccc9%10)c8)cccc7c6c5)cc34)c2)c2ccccc12. The van der Waals surface area contributed by atoms with Crippen molar-refractivity contribution in [3.05, 3.63) is 345 Å². The van der Waals surface area contributed by atoms with E-state index < -0.39 is 0 Å². The lowest BCUT2D eigenvalue weighted by atomic mass is 9.83. The van der Waals surface area contributed by atoms with Crippen molar-refractivity contribution in [3.8, 4) is 106 Å². The lowest BCUT2D eigenvalue weighted by molar-refractivity contribution is 0.416. The highest BCUT2D eigenvalue weighted by Crippen LogP contribution is 2.53. The standard InChI is InChI=1S/C102H62OS4/c1-59-23-3-4-24-68(59)97-79-31-9-5-27-75(79)95(76-28-6-10-32-80(76)97)66-53-62(69-36-19-40-83-73-25-14-17-45-91(73)104-99(69)83)51-64(55-66)71-38-21-42-85-88-57-60(47-49-93(88)106-101(71)85)61-48-50-94-89(58-61)86-43-22-39-72(102(86)107-94)65-52-63(70-37-20-41-84-74-26-15-18-46-92(74)105-100(70)84)54-67(56-65)96-77-29-7-11-33-81(77)98(82-34-12-8-30-78(82)96)87-35-13-16-44-90(87)103-2/h3-58H,1-2H3. The van der Waals surface area contributed by atoms with Crippen LogP contribution in [0.4, 0.5) is 0 Å². The molecule has 4 heterocycles. The van der Waals surface area contributed by atoms with Gasteiger partial charge in [-0.2, -0.15) is 0 Å². The van der Waals surface area contributed by atoms with Crippen LogP contribution in [-0.4, -0.2) is 7.11 Å². The van der Waals surface area contributed by atoms with Gasteiger partial charge in [-0.05, 0) is 223 Å². The number of methoxy groups -OCH3 is 1. The maximum atomic E-state index is 6.10. The van der Waals surface area contributed by atoms with Crippen LogP contribution >= 0.6 is 45.3 Å². The highest BCUT2D eigenvalue weighted by Gasteiger charge is 2.25. The molecule has 0 saturated carbocycles. The van der Waals surface area contributed by atoms with Gasteiger partial charge in [-0.25, -0.2) is 0 Å². The molecule has 0 radical (unpaired) electrons. The first kappa shape index (κ1) is 62.1. The quantitative estimate of drug-likeness (QED) is 0.124. The first-order valence-corrected chi connectivity index (χ1v) is 39.8. The maximum absolute atomic E-state index is 6.10. The molecular formula is C102H62OS4. The summed E-state index contributed by atoms with van der Waals surface area (Å²) in [4.78, 5) is 0. The van der Waals surface area contributed by atoms with Gasteiger partial charge in [0.15, 0.2) is 0 Å². The number of ether oxygens (including phenoxy) is 1. The molecule has 0 amide bonds. The lowest BCUT2D eigenvalue weighted by Crippen LogP contribution is -1.94. The van der Waals surface area contributed by atoms with Gasteiger partial charge in [-0.15, -0.1) is 45.3 Å². The fourth-order valence-electron chi connectivity index (χ4n) is 17.7. The molecule has 0 aliphatic heterocycles. The van der Waals surface area contributed by atoms with Crippen molar-refractivity contribution in [2.75, 3.05) is 7.11 Å². The van der Waals surface area contributed by atoms with Crippen LogP contribution in [0.25, 0.3) is 224 Å². The van der Waals surface area contributed by atoms with E-state index in [-0.39, 0.29) is 0 Å². The number of hydrogen-bond acceptors (Lipinski definition) is 5. The van der Waals surface area contributed by atoms with Gasteiger partial charge in [0, 0.05) is 91.8 Å². The smallest absolute Gasteiger partial charge is 0.126 e. The monoisotopic (exact) mass is 1430 g/mol. The van der Waals surface area contributed by atoms with E-state index >= 15 is 0 Å². The third-order valence-corrected chi connectivity index (χ3v) is 27.4. The highest BCUT2D eigenvalue weighted by atomic mass is 32.1. The predicted octanol–water partition coefficient (Wildman–Crippen LogP) is 31.1. The van der Waals surface area contributed by atoms with E-state index in [0.29, 0.717) is 0 Å².